The van der Waals surface area contributed by atoms with Gasteiger partial charge in [0.2, 0.25) is 0 Å². The number of likely N-dealkylation sites (tertiary alicyclic amines) is 1. The first kappa shape index (κ1) is 16.3. The Labute approximate surface area is 138 Å². The smallest absolute Gasteiger partial charge is 0.320 e. The van der Waals surface area contributed by atoms with Crippen LogP contribution in [0.5, 0.6) is 0 Å². The van der Waals surface area contributed by atoms with Crippen LogP contribution >= 0.6 is 0 Å². The highest BCUT2D eigenvalue weighted by Crippen LogP contribution is 2.30. The first-order chi connectivity index (χ1) is 11.1. The third-order valence-electron chi connectivity index (χ3n) is 5.40. The molecule has 1 aliphatic heterocycles. The van der Waals surface area contributed by atoms with E-state index >= 15 is 0 Å². The van der Waals surface area contributed by atoms with Crippen molar-refractivity contribution in [1.29, 1.82) is 0 Å². The van der Waals surface area contributed by atoms with Crippen LogP contribution in [0, 0.1) is 0 Å². The predicted molar refractivity (Wildman–Crippen MR) is 87.9 cm³/mol. The summed E-state index contributed by atoms with van der Waals surface area (Å²) in [6, 6.07) is 0.659. The highest BCUT2D eigenvalue weighted by Gasteiger charge is 2.34. The van der Waals surface area contributed by atoms with Gasteiger partial charge in [0.15, 0.2) is 0 Å². The van der Waals surface area contributed by atoms with Crippen molar-refractivity contribution in [2.24, 2.45) is 7.05 Å². The summed E-state index contributed by atoms with van der Waals surface area (Å²) < 4.78 is 1.70. The van der Waals surface area contributed by atoms with Crippen LogP contribution in [-0.2, 0) is 7.05 Å². The molecule has 0 unspecified atom stereocenters. The maximum atomic E-state index is 12.8. The molecule has 1 saturated carbocycles. The van der Waals surface area contributed by atoms with E-state index in [4.69, 9.17) is 0 Å². The lowest BCUT2D eigenvalue weighted by atomic mass is 10.0. The molecule has 0 radical (unpaired) electrons. The van der Waals surface area contributed by atoms with Gasteiger partial charge in [0.05, 0.1) is 12.3 Å². The number of aliphatic hydroxyl groups excluding tert-OH is 1. The molecule has 1 N–H and O–H groups in total. The van der Waals surface area contributed by atoms with Gasteiger partial charge in [-0.05, 0) is 32.1 Å². The molecule has 2 aliphatic rings. The molecule has 0 bridgehead atoms. The summed E-state index contributed by atoms with van der Waals surface area (Å²) in [7, 11) is 3.78. The monoisotopic (exact) mass is 320 g/mol. The summed E-state index contributed by atoms with van der Waals surface area (Å²) >= 11 is 0. The van der Waals surface area contributed by atoms with E-state index in [0.717, 1.165) is 37.8 Å². The Morgan fingerprint density at radius 1 is 1.39 bits per heavy atom. The van der Waals surface area contributed by atoms with E-state index in [0.29, 0.717) is 12.5 Å². The third-order valence-corrected chi connectivity index (χ3v) is 5.40. The largest absolute Gasteiger partial charge is 0.388 e. The Kier molecular flexibility index (Phi) is 4.90. The van der Waals surface area contributed by atoms with Gasteiger partial charge >= 0.3 is 6.03 Å². The Hall–Kier alpha value is -1.56. The van der Waals surface area contributed by atoms with Gasteiger partial charge in [-0.2, -0.15) is 5.10 Å². The molecule has 2 fully saturated rings. The van der Waals surface area contributed by atoms with Gasteiger partial charge in [-0.15, -0.1) is 0 Å². The summed E-state index contributed by atoms with van der Waals surface area (Å²) in [6.45, 7) is 0.806. The Morgan fingerprint density at radius 2 is 2.13 bits per heavy atom. The van der Waals surface area contributed by atoms with E-state index in [2.05, 4.69) is 5.10 Å². The van der Waals surface area contributed by atoms with Gasteiger partial charge in [-0.25, -0.2) is 4.79 Å². The molecule has 2 heterocycles. The van der Waals surface area contributed by atoms with Crippen LogP contribution in [0.1, 0.15) is 56.6 Å². The van der Waals surface area contributed by atoms with Crippen molar-refractivity contribution in [3.8, 4) is 0 Å². The minimum Gasteiger partial charge on any atom is -0.388 e. The van der Waals surface area contributed by atoms with Crippen molar-refractivity contribution in [1.82, 2.24) is 19.6 Å². The quantitative estimate of drug-likeness (QED) is 0.926. The van der Waals surface area contributed by atoms with Crippen LogP contribution in [0.25, 0.3) is 0 Å². The molecule has 1 aromatic rings. The van der Waals surface area contributed by atoms with E-state index in [1.54, 1.807) is 10.9 Å². The molecule has 6 heteroatoms. The number of urea groups is 1. The van der Waals surface area contributed by atoms with E-state index < -0.39 is 6.10 Å². The lowest BCUT2D eigenvalue weighted by Gasteiger charge is -2.33. The van der Waals surface area contributed by atoms with Gasteiger partial charge < -0.3 is 14.9 Å². The zero-order chi connectivity index (χ0) is 16.4. The lowest BCUT2D eigenvalue weighted by Crippen LogP contribution is -2.47. The summed E-state index contributed by atoms with van der Waals surface area (Å²) in [6.07, 6.45) is 10.3. The molecular formula is C17H28N4O2. The van der Waals surface area contributed by atoms with Crippen LogP contribution in [-0.4, -0.2) is 56.4 Å². The van der Waals surface area contributed by atoms with Gasteiger partial charge in [-0.1, -0.05) is 12.8 Å². The SMILES string of the molecule is CN(C(=O)N1CCC[C@H]1C[C@@H](O)c1cnn(C)c1)C1CCCC1. The van der Waals surface area contributed by atoms with Crippen LogP contribution in [0.15, 0.2) is 12.4 Å². The maximum Gasteiger partial charge on any atom is 0.320 e. The number of aromatic nitrogens is 2. The minimum atomic E-state index is -0.557. The van der Waals surface area contributed by atoms with Crippen molar-refractivity contribution in [3.05, 3.63) is 18.0 Å². The van der Waals surface area contributed by atoms with Gasteiger partial charge in [0.25, 0.3) is 0 Å². The molecular weight excluding hydrogens is 292 g/mol. The summed E-state index contributed by atoms with van der Waals surface area (Å²) in [5, 5.41) is 14.6. The van der Waals surface area contributed by atoms with Crippen molar-refractivity contribution in [2.75, 3.05) is 13.6 Å². The standard InChI is InChI=1S/C17H28N4O2/c1-19-12-13(11-18-19)16(22)10-15-8-5-9-21(15)17(23)20(2)14-6-3-4-7-14/h11-12,14-16,22H,3-10H2,1-2H3/t15-,16+/m0/s1. The highest BCUT2D eigenvalue weighted by molar-refractivity contribution is 5.75. The fourth-order valence-corrected chi connectivity index (χ4v) is 3.99. The lowest BCUT2D eigenvalue weighted by molar-refractivity contribution is 0.108. The third kappa shape index (κ3) is 3.52. The van der Waals surface area contributed by atoms with Gasteiger partial charge in [0.1, 0.15) is 0 Å². The van der Waals surface area contributed by atoms with Crippen LogP contribution in [0.2, 0.25) is 0 Å². The molecule has 2 atom stereocenters. The fourth-order valence-electron chi connectivity index (χ4n) is 3.99. The molecule has 1 aliphatic carbocycles. The number of nitrogens with zero attached hydrogens (tertiary/aromatic N) is 4. The second-order valence-corrected chi connectivity index (χ2v) is 7.02. The average Bonchev–Trinajstić information content (AvgIpc) is 3.26. The van der Waals surface area contributed by atoms with E-state index in [-0.39, 0.29) is 12.1 Å². The first-order valence-electron chi connectivity index (χ1n) is 8.76. The predicted octanol–water partition coefficient (Wildman–Crippen LogP) is 2.30. The number of carbonyl (C=O) groups is 1. The molecule has 128 valence electrons. The number of aryl methyl sites for hydroxylation is 1. The first-order valence-corrected chi connectivity index (χ1v) is 8.76. The Balaban J connectivity index is 1.61. The minimum absolute atomic E-state index is 0.126. The normalized spacial score (nSPS) is 23.4. The molecule has 3 rings (SSSR count). The second-order valence-electron chi connectivity index (χ2n) is 7.02. The second kappa shape index (κ2) is 6.91. The number of hydrogen-bond acceptors (Lipinski definition) is 3. The molecule has 0 spiro atoms. The fraction of sp³-hybridized carbons (Fsp3) is 0.765. The molecule has 1 aromatic heterocycles. The van der Waals surface area contributed by atoms with E-state index in [1.807, 2.05) is 30.1 Å². The summed E-state index contributed by atoms with van der Waals surface area (Å²) in [5.41, 5.74) is 0.830. The number of aliphatic hydroxyl groups is 1. The average molecular weight is 320 g/mol. The Bertz CT molecular complexity index is 538. The topological polar surface area (TPSA) is 61.6 Å². The van der Waals surface area contributed by atoms with Gasteiger partial charge in [-0.3, -0.25) is 4.68 Å². The summed E-state index contributed by atoms with van der Waals surface area (Å²) in [5.74, 6) is 0. The molecule has 1 saturated heterocycles. The van der Waals surface area contributed by atoms with Crippen molar-refractivity contribution >= 4 is 6.03 Å². The zero-order valence-electron chi connectivity index (χ0n) is 14.2. The van der Waals surface area contributed by atoms with E-state index in [1.165, 1.54) is 12.8 Å². The Morgan fingerprint density at radius 3 is 2.78 bits per heavy atom. The summed E-state index contributed by atoms with van der Waals surface area (Å²) in [4.78, 5) is 16.7. The van der Waals surface area contributed by atoms with Crippen LogP contribution < -0.4 is 0 Å². The number of amides is 2. The van der Waals surface area contributed by atoms with E-state index in [9.17, 15) is 9.90 Å². The molecule has 23 heavy (non-hydrogen) atoms. The number of hydrogen-bond donors (Lipinski definition) is 1. The number of carbonyl (C=O) groups excluding carboxylic acids is 1. The van der Waals surface area contributed by atoms with Gasteiger partial charge in [0, 0.05) is 44.5 Å². The van der Waals surface area contributed by atoms with Crippen molar-refractivity contribution in [2.45, 2.75) is 63.1 Å². The maximum absolute atomic E-state index is 12.8. The van der Waals surface area contributed by atoms with Crippen LogP contribution in [0.3, 0.4) is 0 Å². The molecule has 6 nitrogen and oxygen atoms in total. The van der Waals surface area contributed by atoms with Crippen molar-refractivity contribution in [3.63, 3.8) is 0 Å². The van der Waals surface area contributed by atoms with Crippen LogP contribution in [0.4, 0.5) is 4.79 Å². The highest BCUT2D eigenvalue weighted by atomic mass is 16.3. The zero-order valence-corrected chi connectivity index (χ0v) is 14.2. The molecule has 0 aromatic carbocycles. The number of rotatable bonds is 4. The molecule has 2 amide bonds. The van der Waals surface area contributed by atoms with Crippen molar-refractivity contribution < 1.29 is 9.90 Å².